The third kappa shape index (κ3) is 5.17. The Labute approximate surface area is 118 Å². The Hall–Kier alpha value is -2.24. The molecule has 0 aliphatic heterocycles. The van der Waals surface area contributed by atoms with Gasteiger partial charge < -0.3 is 14.2 Å². The molecule has 110 valence electrons. The fraction of sp³-hybridized carbons (Fsp3) is 0.429. The molecule has 0 heterocycles. The molecule has 1 amide bonds. The Kier molecular flexibility index (Phi) is 6.95. The van der Waals surface area contributed by atoms with Crippen LogP contribution in [0.4, 0.5) is 4.79 Å². The number of amides is 1. The van der Waals surface area contributed by atoms with Crippen molar-refractivity contribution in [2.24, 2.45) is 5.10 Å². The number of nitrogens with one attached hydrogen (secondary N) is 1. The average molecular weight is 280 g/mol. The van der Waals surface area contributed by atoms with E-state index in [-0.39, 0.29) is 0 Å². The quantitative estimate of drug-likeness (QED) is 0.615. The first-order valence-electron chi connectivity index (χ1n) is 6.56. The van der Waals surface area contributed by atoms with Crippen molar-refractivity contribution < 1.29 is 19.0 Å². The van der Waals surface area contributed by atoms with Crippen LogP contribution in [0.15, 0.2) is 23.3 Å². The molecule has 1 aromatic rings. The zero-order chi connectivity index (χ0) is 14.8. The maximum atomic E-state index is 11.1. The van der Waals surface area contributed by atoms with E-state index in [1.807, 2.05) is 19.9 Å². The molecule has 0 fully saturated rings. The van der Waals surface area contributed by atoms with Crippen molar-refractivity contribution in [1.29, 1.82) is 0 Å². The zero-order valence-corrected chi connectivity index (χ0v) is 12.0. The lowest BCUT2D eigenvalue weighted by molar-refractivity contribution is 0.152. The Bertz CT molecular complexity index is 460. The van der Waals surface area contributed by atoms with Gasteiger partial charge in [0.05, 0.1) is 26.0 Å². The second kappa shape index (κ2) is 8.79. The highest BCUT2D eigenvalue weighted by molar-refractivity contribution is 5.82. The second-order valence-corrected chi connectivity index (χ2v) is 3.66. The monoisotopic (exact) mass is 280 g/mol. The minimum atomic E-state index is -0.584. The fourth-order valence-corrected chi connectivity index (χ4v) is 1.47. The number of hydrogen-bond donors (Lipinski definition) is 1. The van der Waals surface area contributed by atoms with Crippen LogP contribution in [0.2, 0.25) is 0 Å². The van der Waals surface area contributed by atoms with E-state index in [0.29, 0.717) is 31.3 Å². The van der Waals surface area contributed by atoms with Crippen molar-refractivity contribution >= 4 is 12.3 Å². The summed E-state index contributed by atoms with van der Waals surface area (Å²) in [5.41, 5.74) is 3.05. The van der Waals surface area contributed by atoms with Crippen LogP contribution >= 0.6 is 0 Å². The highest BCUT2D eigenvalue weighted by Crippen LogP contribution is 2.27. The molecule has 0 bridgehead atoms. The van der Waals surface area contributed by atoms with Crippen molar-refractivity contribution in [2.45, 2.75) is 20.8 Å². The van der Waals surface area contributed by atoms with Gasteiger partial charge >= 0.3 is 6.09 Å². The van der Waals surface area contributed by atoms with Gasteiger partial charge in [-0.1, -0.05) is 0 Å². The first-order valence-corrected chi connectivity index (χ1v) is 6.56. The molecule has 0 saturated heterocycles. The normalized spacial score (nSPS) is 10.3. The van der Waals surface area contributed by atoms with Gasteiger partial charge in [-0.25, -0.2) is 10.2 Å². The Morgan fingerprint density at radius 3 is 2.50 bits per heavy atom. The molecule has 0 saturated carbocycles. The average Bonchev–Trinajstić information content (AvgIpc) is 2.42. The topological polar surface area (TPSA) is 69.2 Å². The molecule has 0 aliphatic rings. The maximum Gasteiger partial charge on any atom is 0.427 e. The summed E-state index contributed by atoms with van der Waals surface area (Å²) in [6.45, 7) is 6.95. The predicted molar refractivity (Wildman–Crippen MR) is 76.5 cm³/mol. The molecule has 1 N–H and O–H groups in total. The summed E-state index contributed by atoms with van der Waals surface area (Å²) < 4.78 is 15.6. The lowest BCUT2D eigenvalue weighted by atomic mass is 10.2. The predicted octanol–water partition coefficient (Wildman–Crippen LogP) is 2.56. The minimum absolute atomic E-state index is 0.304. The fourth-order valence-electron chi connectivity index (χ4n) is 1.47. The number of carbonyl (C=O) groups is 1. The summed E-state index contributed by atoms with van der Waals surface area (Å²) in [4.78, 5) is 11.1. The van der Waals surface area contributed by atoms with Crippen LogP contribution in [0, 0.1) is 0 Å². The molecular weight excluding hydrogens is 260 g/mol. The SMILES string of the molecule is CCOC(=O)N/N=C/c1ccc(OCC)c(OCC)c1. The first kappa shape index (κ1) is 15.8. The van der Waals surface area contributed by atoms with Crippen molar-refractivity contribution in [3.05, 3.63) is 23.8 Å². The Balaban J connectivity index is 2.73. The molecule has 0 aromatic heterocycles. The summed E-state index contributed by atoms with van der Waals surface area (Å²) >= 11 is 0. The van der Waals surface area contributed by atoms with Crippen molar-refractivity contribution in [3.63, 3.8) is 0 Å². The smallest absolute Gasteiger partial charge is 0.427 e. The highest BCUT2D eigenvalue weighted by atomic mass is 16.5. The van der Waals surface area contributed by atoms with Crippen LogP contribution < -0.4 is 14.9 Å². The summed E-state index contributed by atoms with van der Waals surface area (Å²) in [6, 6.07) is 5.43. The van der Waals surface area contributed by atoms with Gasteiger partial charge in [0, 0.05) is 0 Å². The largest absolute Gasteiger partial charge is 0.490 e. The van der Waals surface area contributed by atoms with Crippen LogP contribution in [-0.4, -0.2) is 32.1 Å². The number of benzene rings is 1. The number of ether oxygens (including phenoxy) is 3. The van der Waals surface area contributed by atoms with Gasteiger partial charge in [-0.05, 0) is 44.5 Å². The van der Waals surface area contributed by atoms with Gasteiger partial charge in [-0.15, -0.1) is 0 Å². The molecule has 0 unspecified atom stereocenters. The van der Waals surface area contributed by atoms with E-state index in [0.717, 1.165) is 5.56 Å². The summed E-state index contributed by atoms with van der Waals surface area (Å²) in [5.74, 6) is 1.33. The number of carbonyl (C=O) groups excluding carboxylic acids is 1. The summed E-state index contributed by atoms with van der Waals surface area (Å²) in [7, 11) is 0. The third-order valence-corrected chi connectivity index (χ3v) is 2.21. The van der Waals surface area contributed by atoms with E-state index in [1.54, 1.807) is 19.1 Å². The van der Waals surface area contributed by atoms with E-state index in [1.165, 1.54) is 6.21 Å². The van der Waals surface area contributed by atoms with Crippen LogP contribution in [-0.2, 0) is 4.74 Å². The molecule has 0 aliphatic carbocycles. The van der Waals surface area contributed by atoms with Gasteiger partial charge in [-0.3, -0.25) is 0 Å². The molecule has 1 aromatic carbocycles. The molecule has 0 atom stereocenters. The van der Waals surface area contributed by atoms with Crippen LogP contribution in [0.25, 0.3) is 0 Å². The van der Waals surface area contributed by atoms with E-state index < -0.39 is 6.09 Å². The number of nitrogens with zero attached hydrogens (tertiary/aromatic N) is 1. The number of hydrazone groups is 1. The zero-order valence-electron chi connectivity index (χ0n) is 12.0. The van der Waals surface area contributed by atoms with E-state index >= 15 is 0 Å². The first-order chi connectivity index (χ1) is 9.71. The maximum absolute atomic E-state index is 11.1. The van der Waals surface area contributed by atoms with E-state index in [9.17, 15) is 4.79 Å². The minimum Gasteiger partial charge on any atom is -0.490 e. The number of hydrogen-bond acceptors (Lipinski definition) is 5. The Morgan fingerprint density at radius 1 is 1.15 bits per heavy atom. The molecular formula is C14H20N2O4. The van der Waals surface area contributed by atoms with Gasteiger partial charge in [-0.2, -0.15) is 5.10 Å². The Morgan fingerprint density at radius 2 is 1.85 bits per heavy atom. The molecule has 20 heavy (non-hydrogen) atoms. The second-order valence-electron chi connectivity index (χ2n) is 3.66. The molecule has 0 radical (unpaired) electrons. The van der Waals surface area contributed by atoms with E-state index in [2.05, 4.69) is 15.3 Å². The van der Waals surface area contributed by atoms with E-state index in [4.69, 9.17) is 9.47 Å². The lowest BCUT2D eigenvalue weighted by Gasteiger charge is -2.11. The van der Waals surface area contributed by atoms with Crippen molar-refractivity contribution in [2.75, 3.05) is 19.8 Å². The van der Waals surface area contributed by atoms with Gasteiger partial charge in [0.25, 0.3) is 0 Å². The standard InChI is InChI=1S/C14H20N2O4/c1-4-18-12-8-7-11(9-13(12)19-5-2)10-15-16-14(17)20-6-3/h7-10H,4-6H2,1-3H3,(H,16,17)/b15-10+. The third-order valence-electron chi connectivity index (χ3n) is 2.21. The van der Waals surface area contributed by atoms with Crippen LogP contribution in [0.3, 0.4) is 0 Å². The van der Waals surface area contributed by atoms with Crippen molar-refractivity contribution in [1.82, 2.24) is 5.43 Å². The highest BCUT2D eigenvalue weighted by Gasteiger charge is 2.05. The van der Waals surface area contributed by atoms with Crippen LogP contribution in [0.5, 0.6) is 11.5 Å². The number of rotatable bonds is 7. The van der Waals surface area contributed by atoms with Crippen molar-refractivity contribution in [3.8, 4) is 11.5 Å². The summed E-state index contributed by atoms with van der Waals surface area (Å²) in [5, 5.41) is 3.79. The molecule has 6 heteroatoms. The lowest BCUT2D eigenvalue weighted by Crippen LogP contribution is -2.18. The molecule has 0 spiro atoms. The van der Waals surface area contributed by atoms with Gasteiger partial charge in [0.2, 0.25) is 0 Å². The summed E-state index contributed by atoms with van der Waals surface area (Å²) in [6.07, 6.45) is 0.925. The molecule has 6 nitrogen and oxygen atoms in total. The van der Waals surface area contributed by atoms with Gasteiger partial charge in [0.1, 0.15) is 0 Å². The van der Waals surface area contributed by atoms with Gasteiger partial charge in [0.15, 0.2) is 11.5 Å². The van der Waals surface area contributed by atoms with Crippen LogP contribution in [0.1, 0.15) is 26.3 Å². The molecule has 1 rings (SSSR count).